The number of rotatable bonds is 7. The molecule has 0 unspecified atom stereocenters. The van der Waals surface area contributed by atoms with Crippen molar-refractivity contribution in [3.63, 3.8) is 0 Å². The Morgan fingerprint density at radius 1 is 1.29 bits per heavy atom. The maximum Gasteiger partial charge on any atom is 0.240 e. The summed E-state index contributed by atoms with van der Waals surface area (Å²) in [5.74, 6) is -0.522. The van der Waals surface area contributed by atoms with E-state index in [1.54, 1.807) is 0 Å². The molecule has 1 fully saturated rings. The van der Waals surface area contributed by atoms with Gasteiger partial charge in [0.05, 0.1) is 11.0 Å². The number of sulfonamides is 1. The molecule has 5 nitrogen and oxygen atoms in total. The summed E-state index contributed by atoms with van der Waals surface area (Å²) in [6, 6.07) is 3.81. The Kier molecular flexibility index (Phi) is 5.88. The predicted molar refractivity (Wildman–Crippen MR) is 92.2 cm³/mol. The molecule has 0 aliphatic heterocycles. The predicted octanol–water partition coefficient (Wildman–Crippen LogP) is 2.77. The highest BCUT2D eigenvalue weighted by molar-refractivity contribution is 7.89. The molecule has 1 aliphatic rings. The van der Waals surface area contributed by atoms with Crippen molar-refractivity contribution in [3.8, 4) is 5.75 Å². The SMILES string of the molecule is CN(C)C(C)(C)CNS(=O)(=O)c1ccc(OC2CCCC2)c(F)c1. The summed E-state index contributed by atoms with van der Waals surface area (Å²) in [5, 5.41) is 0. The lowest BCUT2D eigenvalue weighted by Crippen LogP contribution is -2.48. The molecule has 7 heteroatoms. The average molecular weight is 358 g/mol. The van der Waals surface area contributed by atoms with Crippen LogP contribution >= 0.6 is 0 Å². The fraction of sp³-hybridized carbons (Fsp3) is 0.647. The topological polar surface area (TPSA) is 58.6 Å². The van der Waals surface area contributed by atoms with Crippen molar-refractivity contribution in [2.75, 3.05) is 20.6 Å². The van der Waals surface area contributed by atoms with E-state index < -0.39 is 15.8 Å². The van der Waals surface area contributed by atoms with E-state index in [1.807, 2.05) is 32.8 Å². The van der Waals surface area contributed by atoms with Crippen LogP contribution in [0.5, 0.6) is 5.75 Å². The van der Waals surface area contributed by atoms with Gasteiger partial charge < -0.3 is 9.64 Å². The maximum absolute atomic E-state index is 14.2. The highest BCUT2D eigenvalue weighted by atomic mass is 32.2. The van der Waals surface area contributed by atoms with E-state index in [0.29, 0.717) is 0 Å². The first-order chi connectivity index (χ1) is 11.1. The minimum absolute atomic E-state index is 0.0287. The van der Waals surface area contributed by atoms with Gasteiger partial charge in [-0.15, -0.1) is 0 Å². The summed E-state index contributed by atoms with van der Waals surface area (Å²) in [6.07, 6.45) is 4.04. The van der Waals surface area contributed by atoms with Gasteiger partial charge in [-0.1, -0.05) is 0 Å². The lowest BCUT2D eigenvalue weighted by atomic mass is 10.1. The number of benzene rings is 1. The molecule has 1 aliphatic carbocycles. The molecular formula is C17H27FN2O3S. The zero-order valence-electron chi connectivity index (χ0n) is 14.8. The van der Waals surface area contributed by atoms with Crippen LogP contribution in [0.4, 0.5) is 4.39 Å². The molecule has 0 spiro atoms. The third-order valence-electron chi connectivity index (χ3n) is 4.71. The van der Waals surface area contributed by atoms with Crippen molar-refractivity contribution in [2.24, 2.45) is 0 Å². The van der Waals surface area contributed by atoms with Crippen LogP contribution in [0.2, 0.25) is 0 Å². The Labute approximate surface area is 144 Å². The maximum atomic E-state index is 14.2. The Morgan fingerprint density at radius 3 is 2.46 bits per heavy atom. The van der Waals surface area contributed by atoms with E-state index in [9.17, 15) is 12.8 Å². The molecule has 0 saturated heterocycles. The molecule has 0 bridgehead atoms. The fourth-order valence-corrected chi connectivity index (χ4v) is 3.66. The van der Waals surface area contributed by atoms with Crippen LogP contribution < -0.4 is 9.46 Å². The van der Waals surface area contributed by atoms with Crippen LogP contribution in [0.15, 0.2) is 23.1 Å². The quantitative estimate of drug-likeness (QED) is 0.814. The lowest BCUT2D eigenvalue weighted by Gasteiger charge is -2.32. The fourth-order valence-electron chi connectivity index (χ4n) is 2.44. The third kappa shape index (κ3) is 4.68. The normalized spacial score (nSPS) is 16.8. The van der Waals surface area contributed by atoms with Gasteiger partial charge in [-0.2, -0.15) is 0 Å². The number of hydrogen-bond donors (Lipinski definition) is 1. The standard InChI is InChI=1S/C17H27FN2O3S/c1-17(2,20(3)4)12-19-24(21,22)14-9-10-16(15(18)11-14)23-13-7-5-6-8-13/h9-11,13,19H,5-8,12H2,1-4H3. The number of hydrogen-bond acceptors (Lipinski definition) is 4. The highest BCUT2D eigenvalue weighted by Crippen LogP contribution is 2.27. The number of halogens is 1. The van der Waals surface area contributed by atoms with E-state index >= 15 is 0 Å². The third-order valence-corrected chi connectivity index (χ3v) is 6.11. The second kappa shape index (κ2) is 7.37. The Balaban J connectivity index is 2.08. The second-order valence-electron chi connectivity index (χ2n) is 7.15. The van der Waals surface area contributed by atoms with Crippen LogP contribution in [0.3, 0.4) is 0 Å². The molecule has 1 N–H and O–H groups in total. The molecule has 1 aromatic rings. The Morgan fingerprint density at radius 2 is 1.92 bits per heavy atom. The van der Waals surface area contributed by atoms with Gasteiger partial charge in [-0.05, 0) is 71.8 Å². The Bertz CT molecular complexity index is 668. The van der Waals surface area contributed by atoms with Crippen LogP contribution in [0.1, 0.15) is 39.5 Å². The molecule has 1 saturated carbocycles. The van der Waals surface area contributed by atoms with E-state index in [-0.39, 0.29) is 28.8 Å². The van der Waals surface area contributed by atoms with Gasteiger partial charge in [-0.25, -0.2) is 17.5 Å². The van der Waals surface area contributed by atoms with Gasteiger partial charge in [0, 0.05) is 12.1 Å². The molecule has 0 radical (unpaired) electrons. The molecule has 0 atom stereocenters. The summed E-state index contributed by atoms with van der Waals surface area (Å²) in [5.41, 5.74) is -0.350. The van der Waals surface area contributed by atoms with Gasteiger partial charge >= 0.3 is 0 Å². The van der Waals surface area contributed by atoms with E-state index in [0.717, 1.165) is 31.7 Å². The molecular weight excluding hydrogens is 331 g/mol. The molecule has 0 amide bonds. The highest BCUT2D eigenvalue weighted by Gasteiger charge is 2.25. The molecule has 0 heterocycles. The molecule has 2 rings (SSSR count). The first-order valence-electron chi connectivity index (χ1n) is 8.25. The summed E-state index contributed by atoms with van der Waals surface area (Å²) in [6.45, 7) is 4.08. The van der Waals surface area contributed by atoms with E-state index in [2.05, 4.69) is 4.72 Å². The number of ether oxygens (including phenoxy) is 1. The molecule has 24 heavy (non-hydrogen) atoms. The minimum Gasteiger partial charge on any atom is -0.487 e. The monoisotopic (exact) mass is 358 g/mol. The summed E-state index contributed by atoms with van der Waals surface area (Å²) in [7, 11) is -0.00952. The van der Waals surface area contributed by atoms with Crippen molar-refractivity contribution in [1.82, 2.24) is 9.62 Å². The van der Waals surface area contributed by atoms with Crippen LogP contribution in [-0.4, -0.2) is 45.6 Å². The Hall–Kier alpha value is -1.18. The minimum atomic E-state index is -3.77. The summed E-state index contributed by atoms with van der Waals surface area (Å²) >= 11 is 0. The largest absolute Gasteiger partial charge is 0.487 e. The molecule has 1 aromatic carbocycles. The zero-order valence-corrected chi connectivity index (χ0v) is 15.6. The van der Waals surface area contributed by atoms with Gasteiger partial charge in [0.1, 0.15) is 0 Å². The van der Waals surface area contributed by atoms with Crippen molar-refractivity contribution in [1.29, 1.82) is 0 Å². The summed E-state index contributed by atoms with van der Waals surface area (Å²) < 4.78 is 47.1. The zero-order chi connectivity index (χ0) is 18.0. The van der Waals surface area contributed by atoms with Gasteiger partial charge in [0.25, 0.3) is 0 Å². The van der Waals surface area contributed by atoms with Crippen molar-refractivity contribution in [2.45, 2.75) is 56.1 Å². The summed E-state index contributed by atoms with van der Waals surface area (Å²) in [4.78, 5) is 1.84. The molecule has 0 aromatic heterocycles. The first kappa shape index (κ1) is 19.1. The second-order valence-corrected chi connectivity index (χ2v) is 8.91. The number of likely N-dealkylation sites (N-methyl/N-ethyl adjacent to an activating group) is 1. The molecule has 136 valence electrons. The smallest absolute Gasteiger partial charge is 0.240 e. The van der Waals surface area contributed by atoms with Crippen LogP contribution in [-0.2, 0) is 10.0 Å². The van der Waals surface area contributed by atoms with Crippen molar-refractivity contribution >= 4 is 10.0 Å². The van der Waals surface area contributed by atoms with E-state index in [4.69, 9.17) is 4.74 Å². The van der Waals surface area contributed by atoms with Gasteiger partial charge in [-0.3, -0.25) is 0 Å². The van der Waals surface area contributed by atoms with Crippen molar-refractivity contribution in [3.05, 3.63) is 24.0 Å². The van der Waals surface area contributed by atoms with Crippen molar-refractivity contribution < 1.29 is 17.5 Å². The van der Waals surface area contributed by atoms with Crippen LogP contribution in [0, 0.1) is 5.82 Å². The number of nitrogens with zero attached hydrogens (tertiary/aromatic N) is 1. The number of nitrogens with one attached hydrogen (secondary N) is 1. The van der Waals surface area contributed by atoms with Gasteiger partial charge in [0.2, 0.25) is 10.0 Å². The first-order valence-corrected chi connectivity index (χ1v) is 9.73. The van der Waals surface area contributed by atoms with Crippen LogP contribution in [0.25, 0.3) is 0 Å². The average Bonchev–Trinajstić information content (AvgIpc) is 3.00. The van der Waals surface area contributed by atoms with E-state index in [1.165, 1.54) is 12.1 Å². The van der Waals surface area contributed by atoms with Gasteiger partial charge in [0.15, 0.2) is 11.6 Å². The lowest BCUT2D eigenvalue weighted by molar-refractivity contribution is 0.198.